The lowest BCUT2D eigenvalue weighted by molar-refractivity contribution is -0.0710. The van der Waals surface area contributed by atoms with E-state index in [2.05, 4.69) is 10.6 Å². The van der Waals surface area contributed by atoms with Gasteiger partial charge in [0.2, 0.25) is 0 Å². The Balaban J connectivity index is 3.58. The van der Waals surface area contributed by atoms with E-state index in [0.29, 0.717) is 52.0 Å². The van der Waals surface area contributed by atoms with Gasteiger partial charge in [0.1, 0.15) is 23.4 Å². The molecule has 0 spiro atoms. The fraction of sp³-hybridized carbons (Fsp3) is 0.909. The summed E-state index contributed by atoms with van der Waals surface area (Å²) in [5, 5.41) is 25.1. The Morgan fingerprint density at radius 3 is 1.34 bits per heavy atom. The molecular formula is C22H44N2O8. The molecule has 0 saturated carbocycles. The first-order chi connectivity index (χ1) is 14.8. The number of ether oxygens (including phenoxy) is 4. The second-order valence-electron chi connectivity index (χ2n) is 9.56. The number of rotatable bonds is 15. The third-order valence-corrected chi connectivity index (χ3v) is 3.79. The molecule has 0 aromatic rings. The Hall–Kier alpha value is -1.62. The van der Waals surface area contributed by atoms with Crippen LogP contribution < -0.4 is 10.6 Å². The zero-order valence-corrected chi connectivity index (χ0v) is 20.6. The Labute approximate surface area is 192 Å². The molecule has 4 N–H and O–H groups in total. The van der Waals surface area contributed by atoms with Gasteiger partial charge in [0.15, 0.2) is 0 Å². The highest BCUT2D eigenvalue weighted by atomic mass is 16.6. The molecule has 0 heterocycles. The van der Waals surface area contributed by atoms with E-state index in [1.165, 1.54) is 0 Å². The topological polar surface area (TPSA) is 136 Å². The second-order valence-corrected chi connectivity index (χ2v) is 9.56. The van der Waals surface area contributed by atoms with Gasteiger partial charge in [-0.1, -0.05) is 0 Å². The minimum Gasteiger partial charge on any atom is -0.444 e. The maximum Gasteiger partial charge on any atom is 0.407 e. The van der Waals surface area contributed by atoms with Crippen molar-refractivity contribution < 1.29 is 38.7 Å². The first kappa shape index (κ1) is 30.4. The van der Waals surface area contributed by atoms with Gasteiger partial charge in [-0.15, -0.1) is 0 Å². The summed E-state index contributed by atoms with van der Waals surface area (Å²) in [5.74, 6) is 0. The van der Waals surface area contributed by atoms with Crippen molar-refractivity contribution in [3.05, 3.63) is 0 Å². The van der Waals surface area contributed by atoms with Gasteiger partial charge in [-0.05, 0) is 67.2 Å². The molecule has 0 aliphatic carbocycles. The zero-order valence-electron chi connectivity index (χ0n) is 20.6. The fourth-order valence-corrected chi connectivity index (χ4v) is 2.30. The van der Waals surface area contributed by atoms with Crippen molar-refractivity contribution in [2.75, 3.05) is 39.5 Å². The molecule has 0 fully saturated rings. The fourth-order valence-electron chi connectivity index (χ4n) is 2.30. The monoisotopic (exact) mass is 464 g/mol. The van der Waals surface area contributed by atoms with E-state index in [1.54, 1.807) is 41.5 Å². The first-order valence-corrected chi connectivity index (χ1v) is 11.3. The van der Waals surface area contributed by atoms with Crippen LogP contribution in [0.3, 0.4) is 0 Å². The van der Waals surface area contributed by atoms with Crippen molar-refractivity contribution >= 4 is 12.2 Å². The summed E-state index contributed by atoms with van der Waals surface area (Å²) in [6, 6.07) is 0. The predicted molar refractivity (Wildman–Crippen MR) is 121 cm³/mol. The van der Waals surface area contributed by atoms with E-state index in [4.69, 9.17) is 18.9 Å². The molecule has 0 bridgehead atoms. The molecule has 0 aromatic heterocycles. The molecule has 190 valence electrons. The Morgan fingerprint density at radius 2 is 1.03 bits per heavy atom. The van der Waals surface area contributed by atoms with Crippen molar-refractivity contribution in [1.82, 2.24) is 10.6 Å². The van der Waals surface area contributed by atoms with E-state index in [1.807, 2.05) is 0 Å². The Bertz CT molecular complexity index is 471. The highest BCUT2D eigenvalue weighted by molar-refractivity contribution is 5.67. The SMILES string of the molecule is CC(C)(C)OC(=O)NCCCCOCC(O)C(O)COCCCCNC(=O)OC(C)(C)C. The number of hydrogen-bond acceptors (Lipinski definition) is 8. The van der Waals surface area contributed by atoms with E-state index in [0.717, 1.165) is 0 Å². The van der Waals surface area contributed by atoms with Gasteiger partial charge >= 0.3 is 12.2 Å². The minimum absolute atomic E-state index is 0.00380. The number of unbranched alkanes of at least 4 members (excludes halogenated alkanes) is 2. The molecule has 32 heavy (non-hydrogen) atoms. The zero-order chi connectivity index (χ0) is 24.6. The molecule has 10 heteroatoms. The number of carbonyl (C=O) groups is 2. The number of carbonyl (C=O) groups excluding carboxylic acids is 2. The van der Waals surface area contributed by atoms with Crippen LogP contribution in [-0.2, 0) is 18.9 Å². The van der Waals surface area contributed by atoms with Crippen molar-refractivity contribution in [2.45, 2.75) is 90.6 Å². The molecule has 0 aliphatic rings. The van der Waals surface area contributed by atoms with Gasteiger partial charge in [0.25, 0.3) is 0 Å². The minimum atomic E-state index is -1.04. The normalized spacial score (nSPS) is 13.9. The summed E-state index contributed by atoms with van der Waals surface area (Å²) in [4.78, 5) is 23.0. The summed E-state index contributed by atoms with van der Waals surface area (Å²) in [6.45, 7) is 12.6. The van der Waals surface area contributed by atoms with Crippen LogP contribution in [0.4, 0.5) is 9.59 Å². The van der Waals surface area contributed by atoms with Crippen molar-refractivity contribution in [3.63, 3.8) is 0 Å². The average Bonchev–Trinajstić information content (AvgIpc) is 2.63. The molecule has 0 aliphatic heterocycles. The molecule has 0 rings (SSSR count). The average molecular weight is 465 g/mol. The molecule has 10 nitrogen and oxygen atoms in total. The van der Waals surface area contributed by atoms with Gasteiger partial charge in [-0.3, -0.25) is 0 Å². The van der Waals surface area contributed by atoms with Gasteiger partial charge in [-0.2, -0.15) is 0 Å². The molecule has 0 aromatic carbocycles. The number of hydrogen-bond donors (Lipinski definition) is 4. The second kappa shape index (κ2) is 16.1. The van der Waals surface area contributed by atoms with Gasteiger partial charge < -0.3 is 39.8 Å². The summed E-state index contributed by atoms with van der Waals surface area (Å²) in [7, 11) is 0. The van der Waals surface area contributed by atoms with E-state index >= 15 is 0 Å². The van der Waals surface area contributed by atoms with E-state index in [9.17, 15) is 19.8 Å². The number of aliphatic hydroxyl groups is 2. The largest absolute Gasteiger partial charge is 0.444 e. The van der Waals surface area contributed by atoms with Crippen LogP contribution in [0.15, 0.2) is 0 Å². The third kappa shape index (κ3) is 20.3. The lowest BCUT2D eigenvalue weighted by Crippen LogP contribution is -2.35. The van der Waals surface area contributed by atoms with Crippen LogP contribution in [0, 0.1) is 0 Å². The number of amides is 2. The van der Waals surface area contributed by atoms with Crippen LogP contribution >= 0.6 is 0 Å². The summed E-state index contributed by atoms with van der Waals surface area (Å²) in [6.07, 6.45) is -0.146. The summed E-state index contributed by atoms with van der Waals surface area (Å²) < 4.78 is 21.0. The Kier molecular flexibility index (Phi) is 15.3. The Morgan fingerprint density at radius 1 is 0.688 bits per heavy atom. The van der Waals surface area contributed by atoms with Crippen LogP contribution in [-0.4, -0.2) is 85.3 Å². The molecular weight excluding hydrogens is 420 g/mol. The summed E-state index contributed by atoms with van der Waals surface area (Å²) >= 11 is 0. The lowest BCUT2D eigenvalue weighted by atomic mass is 10.2. The van der Waals surface area contributed by atoms with Crippen LogP contribution in [0.25, 0.3) is 0 Å². The maximum atomic E-state index is 11.5. The number of nitrogens with one attached hydrogen (secondary N) is 2. The van der Waals surface area contributed by atoms with Crippen LogP contribution in [0.2, 0.25) is 0 Å². The van der Waals surface area contributed by atoms with Crippen molar-refractivity contribution in [2.24, 2.45) is 0 Å². The quantitative estimate of drug-likeness (QED) is 0.271. The van der Waals surface area contributed by atoms with Crippen molar-refractivity contribution in [3.8, 4) is 0 Å². The molecule has 0 saturated heterocycles. The van der Waals surface area contributed by atoms with Crippen molar-refractivity contribution in [1.29, 1.82) is 0 Å². The maximum absolute atomic E-state index is 11.5. The molecule has 2 unspecified atom stereocenters. The standard InChI is InChI=1S/C22H44N2O8/c1-21(2,3)31-19(27)23-11-7-9-13-29-15-17(25)18(26)16-30-14-10-8-12-24-20(28)32-22(4,5)6/h17-18,25-26H,7-16H2,1-6H3,(H,23,27)(H,24,28). The van der Waals surface area contributed by atoms with E-state index < -0.39 is 35.6 Å². The predicted octanol–water partition coefficient (Wildman–Crippen LogP) is 2.35. The van der Waals surface area contributed by atoms with Gasteiger partial charge in [0, 0.05) is 26.3 Å². The lowest BCUT2D eigenvalue weighted by Gasteiger charge is -2.20. The molecule has 0 radical (unpaired) electrons. The third-order valence-electron chi connectivity index (χ3n) is 3.79. The highest BCUT2D eigenvalue weighted by Crippen LogP contribution is 2.07. The van der Waals surface area contributed by atoms with Gasteiger partial charge in [0.05, 0.1) is 13.2 Å². The van der Waals surface area contributed by atoms with Crippen LogP contribution in [0.1, 0.15) is 67.2 Å². The van der Waals surface area contributed by atoms with E-state index in [-0.39, 0.29) is 13.2 Å². The number of alkyl carbamates (subject to hydrolysis) is 2. The summed E-state index contributed by atoms with van der Waals surface area (Å²) in [5.41, 5.74) is -1.04. The first-order valence-electron chi connectivity index (χ1n) is 11.3. The van der Waals surface area contributed by atoms with Crippen LogP contribution in [0.5, 0.6) is 0 Å². The number of aliphatic hydroxyl groups excluding tert-OH is 2. The highest BCUT2D eigenvalue weighted by Gasteiger charge is 2.18. The van der Waals surface area contributed by atoms with Gasteiger partial charge in [-0.25, -0.2) is 9.59 Å². The smallest absolute Gasteiger partial charge is 0.407 e. The molecule has 2 atom stereocenters. The molecule has 2 amide bonds.